The van der Waals surface area contributed by atoms with Crippen LogP contribution in [0.25, 0.3) is 0 Å². The molecule has 0 aliphatic heterocycles. The molecule has 4 saturated carbocycles. The highest BCUT2D eigenvalue weighted by Gasteiger charge is 2.67. The second-order valence-corrected chi connectivity index (χ2v) is 12.6. The molecule has 0 heterocycles. The third kappa shape index (κ3) is 4.60. The van der Waals surface area contributed by atoms with Crippen LogP contribution in [0, 0.1) is 46.3 Å². The fraction of sp³-hybridized carbons (Fsp3) is 0.862. The number of carbonyl (C=O) groups excluding carboxylic acids is 4. The quantitative estimate of drug-likeness (QED) is 0.289. The van der Waals surface area contributed by atoms with Crippen molar-refractivity contribution >= 4 is 24.2 Å². The molecule has 0 aromatic heterocycles. The molecule has 4 aliphatic carbocycles. The molecule has 0 saturated heterocycles. The van der Waals surface area contributed by atoms with E-state index in [0.717, 1.165) is 51.2 Å². The molecule has 0 radical (unpaired) electrons. The summed E-state index contributed by atoms with van der Waals surface area (Å²) in [5.74, 6) is 0.613. The van der Waals surface area contributed by atoms with Gasteiger partial charge in [-0.25, -0.2) is 0 Å². The van der Waals surface area contributed by atoms with E-state index in [1.54, 1.807) is 0 Å². The minimum absolute atomic E-state index is 0.00973. The number of esters is 3. The van der Waals surface area contributed by atoms with Crippen molar-refractivity contribution in [3.05, 3.63) is 0 Å². The summed E-state index contributed by atoms with van der Waals surface area (Å²) in [4.78, 5) is 47.7. The summed E-state index contributed by atoms with van der Waals surface area (Å²) in [5, 5.41) is 0. The summed E-state index contributed by atoms with van der Waals surface area (Å²) in [6.07, 6.45) is 6.98. The first-order valence-electron chi connectivity index (χ1n) is 13.9. The highest BCUT2D eigenvalue weighted by atomic mass is 16.6. The Bertz CT molecular complexity index is 885. The Morgan fingerprint density at radius 3 is 2.17 bits per heavy atom. The van der Waals surface area contributed by atoms with Gasteiger partial charge in [-0.15, -0.1) is 0 Å². The number of ether oxygens (including phenoxy) is 3. The van der Waals surface area contributed by atoms with E-state index in [4.69, 9.17) is 14.2 Å². The molecular formula is C29H44O7. The van der Waals surface area contributed by atoms with Crippen molar-refractivity contribution in [2.75, 3.05) is 0 Å². The van der Waals surface area contributed by atoms with Crippen molar-refractivity contribution < 1.29 is 33.4 Å². The van der Waals surface area contributed by atoms with Crippen LogP contribution in [-0.2, 0) is 33.4 Å². The molecule has 0 N–H and O–H groups in total. The third-order valence-electron chi connectivity index (χ3n) is 10.9. The number of hydrogen-bond donors (Lipinski definition) is 0. The summed E-state index contributed by atoms with van der Waals surface area (Å²) in [5.41, 5.74) is -0.282. The average molecular weight is 505 g/mol. The second kappa shape index (κ2) is 10.1. The zero-order valence-corrected chi connectivity index (χ0v) is 22.8. The largest absolute Gasteiger partial charge is 0.463 e. The molecule has 7 nitrogen and oxygen atoms in total. The van der Waals surface area contributed by atoms with Gasteiger partial charge in [-0.1, -0.05) is 20.8 Å². The predicted octanol–water partition coefficient (Wildman–Crippen LogP) is 4.89. The van der Waals surface area contributed by atoms with E-state index in [0.29, 0.717) is 6.42 Å². The number of carbonyl (C=O) groups is 4. The second-order valence-electron chi connectivity index (χ2n) is 12.6. The summed E-state index contributed by atoms with van der Waals surface area (Å²) in [6, 6.07) is 0. The lowest BCUT2D eigenvalue weighted by Gasteiger charge is -2.64. The van der Waals surface area contributed by atoms with Crippen molar-refractivity contribution in [2.24, 2.45) is 46.3 Å². The topological polar surface area (TPSA) is 96.0 Å². The number of aldehydes is 1. The van der Waals surface area contributed by atoms with E-state index in [-0.39, 0.29) is 82.6 Å². The van der Waals surface area contributed by atoms with Gasteiger partial charge < -0.3 is 19.0 Å². The van der Waals surface area contributed by atoms with Gasteiger partial charge in [-0.3, -0.25) is 14.4 Å². The fourth-order valence-electron chi connectivity index (χ4n) is 9.43. The Kier molecular flexibility index (Phi) is 7.60. The molecule has 4 fully saturated rings. The first-order chi connectivity index (χ1) is 16.9. The van der Waals surface area contributed by atoms with E-state index in [1.807, 2.05) is 0 Å². The summed E-state index contributed by atoms with van der Waals surface area (Å²) >= 11 is 0. The van der Waals surface area contributed by atoms with Gasteiger partial charge in [0, 0.05) is 38.5 Å². The molecule has 7 heteroatoms. The van der Waals surface area contributed by atoms with Crippen LogP contribution in [0.1, 0.15) is 92.9 Å². The predicted molar refractivity (Wildman–Crippen MR) is 132 cm³/mol. The normalized spacial score (nSPS) is 44.3. The molecule has 4 rings (SSSR count). The average Bonchev–Trinajstić information content (AvgIpc) is 3.12. The van der Waals surface area contributed by atoms with Gasteiger partial charge in [0.15, 0.2) is 0 Å². The van der Waals surface area contributed by atoms with Crippen LogP contribution in [-0.4, -0.2) is 42.5 Å². The summed E-state index contributed by atoms with van der Waals surface area (Å²) in [6.45, 7) is 11.2. The van der Waals surface area contributed by atoms with E-state index in [9.17, 15) is 19.2 Å². The molecule has 0 aromatic carbocycles. The van der Waals surface area contributed by atoms with Crippen molar-refractivity contribution in [2.45, 2.75) is 111 Å². The number of rotatable bonds is 6. The number of hydrogen-bond acceptors (Lipinski definition) is 7. The molecule has 0 bridgehead atoms. The van der Waals surface area contributed by atoms with E-state index >= 15 is 0 Å². The maximum absolute atomic E-state index is 12.3. The Morgan fingerprint density at radius 2 is 1.56 bits per heavy atom. The lowest BCUT2D eigenvalue weighted by molar-refractivity contribution is -0.224. The van der Waals surface area contributed by atoms with Crippen molar-refractivity contribution in [1.29, 1.82) is 0 Å². The molecule has 4 aliphatic rings. The first-order valence-corrected chi connectivity index (χ1v) is 13.9. The molecule has 0 spiro atoms. The minimum atomic E-state index is -0.272. The summed E-state index contributed by atoms with van der Waals surface area (Å²) in [7, 11) is 0. The lowest BCUT2D eigenvalue weighted by Crippen LogP contribution is -2.63. The lowest BCUT2D eigenvalue weighted by atomic mass is 9.43. The van der Waals surface area contributed by atoms with Crippen LogP contribution in [0.3, 0.4) is 0 Å². The monoisotopic (exact) mass is 504 g/mol. The molecule has 0 unspecified atom stereocenters. The molecule has 0 aromatic rings. The van der Waals surface area contributed by atoms with Crippen molar-refractivity contribution in [3.63, 3.8) is 0 Å². The van der Waals surface area contributed by atoms with Crippen molar-refractivity contribution in [1.82, 2.24) is 0 Å². The molecule has 0 amide bonds. The Morgan fingerprint density at radius 1 is 0.889 bits per heavy atom. The summed E-state index contributed by atoms with van der Waals surface area (Å²) < 4.78 is 17.8. The van der Waals surface area contributed by atoms with Crippen LogP contribution in [0.5, 0.6) is 0 Å². The van der Waals surface area contributed by atoms with Gasteiger partial charge in [-0.05, 0) is 80.0 Å². The molecule has 11 atom stereocenters. The van der Waals surface area contributed by atoms with E-state index < -0.39 is 0 Å². The van der Waals surface area contributed by atoms with Gasteiger partial charge in [-0.2, -0.15) is 0 Å². The zero-order chi connectivity index (χ0) is 26.4. The van der Waals surface area contributed by atoms with Crippen molar-refractivity contribution in [3.8, 4) is 0 Å². The van der Waals surface area contributed by atoms with Crippen LogP contribution < -0.4 is 0 Å². The van der Waals surface area contributed by atoms with Gasteiger partial charge in [0.2, 0.25) is 0 Å². The molecule has 36 heavy (non-hydrogen) atoms. The fourth-order valence-corrected chi connectivity index (χ4v) is 9.43. The highest BCUT2D eigenvalue weighted by Crippen LogP contribution is 2.69. The maximum atomic E-state index is 12.3. The van der Waals surface area contributed by atoms with Gasteiger partial charge in [0.05, 0.1) is 0 Å². The van der Waals surface area contributed by atoms with Crippen LogP contribution in [0.15, 0.2) is 0 Å². The third-order valence-corrected chi connectivity index (χ3v) is 10.9. The molecular weight excluding hydrogens is 460 g/mol. The Balaban J connectivity index is 1.74. The van der Waals surface area contributed by atoms with Gasteiger partial charge >= 0.3 is 17.9 Å². The van der Waals surface area contributed by atoms with E-state index in [1.165, 1.54) is 20.8 Å². The Hall–Kier alpha value is -1.92. The maximum Gasteiger partial charge on any atom is 0.302 e. The smallest absolute Gasteiger partial charge is 0.302 e. The SMILES string of the molecule is CC(=O)O[C@@H]1CC[C@@]2(C)[C@@H](C1)C[C@@H](OC(C)=O)[C@@H]1[C@@H]2C[C@H](OC(C)=O)[C@]2(C)[C@@H]([C@H](C)CC=O)CC[C@@H]12. The van der Waals surface area contributed by atoms with Gasteiger partial charge in [0.1, 0.15) is 24.6 Å². The van der Waals surface area contributed by atoms with E-state index in [2.05, 4.69) is 20.8 Å². The minimum Gasteiger partial charge on any atom is -0.463 e. The Labute approximate surface area is 215 Å². The zero-order valence-electron chi connectivity index (χ0n) is 22.8. The standard InChI is InChI=1S/C29H44O7/c1-16(10-12-30)22-7-8-23-27-24(15-26(29(22,23)6)36-19(4)33)28(5)11-9-21(34-17(2)31)13-20(28)14-25(27)35-18(3)32/h12,16,20-27H,7-11,13-15H2,1-6H3/t16-,20+,21-,22-,23+,24+,25-,26+,27+,28+,29-/m1/s1. The van der Waals surface area contributed by atoms with Crippen LogP contribution in [0.2, 0.25) is 0 Å². The van der Waals surface area contributed by atoms with Crippen LogP contribution in [0.4, 0.5) is 0 Å². The highest BCUT2D eigenvalue weighted by molar-refractivity contribution is 5.67. The van der Waals surface area contributed by atoms with Gasteiger partial charge in [0.25, 0.3) is 0 Å². The van der Waals surface area contributed by atoms with Crippen LogP contribution >= 0.6 is 0 Å². The number of fused-ring (bicyclic) bond motifs is 5. The first kappa shape index (κ1) is 27.1. The molecule has 202 valence electrons.